The summed E-state index contributed by atoms with van der Waals surface area (Å²) in [7, 11) is -3.77. The minimum absolute atomic E-state index is 0.0141. The average molecular weight is 290 g/mol. The number of imidazole rings is 1. The Morgan fingerprint density at radius 3 is 2.80 bits per heavy atom. The second kappa shape index (κ2) is 5.35. The van der Waals surface area contributed by atoms with Crippen molar-refractivity contribution in [1.29, 1.82) is 5.26 Å². The van der Waals surface area contributed by atoms with Crippen LogP contribution in [0.3, 0.4) is 0 Å². The second-order valence-electron chi connectivity index (χ2n) is 4.26. The van der Waals surface area contributed by atoms with Gasteiger partial charge < -0.3 is 4.98 Å². The molecule has 0 bridgehead atoms. The maximum atomic E-state index is 12.2. The molecule has 0 aliphatic carbocycles. The number of hydrogen-bond donors (Lipinski definition) is 2. The number of H-pyrrole nitrogens is 1. The molecule has 7 heteroatoms. The lowest BCUT2D eigenvalue weighted by atomic mass is 10.1. The van der Waals surface area contributed by atoms with Crippen LogP contribution in [0.1, 0.15) is 23.9 Å². The zero-order valence-electron chi connectivity index (χ0n) is 11.1. The standard InChI is InChI=1S/C13H14N4O2S/c1-3-12-15-8-13(16-12)20(18,19)17-11-6-4-5-9(2)10(11)7-14/h4-6,8,17H,3H2,1-2H3,(H,15,16). The molecule has 2 N–H and O–H groups in total. The number of aromatic amines is 1. The Morgan fingerprint density at radius 2 is 2.20 bits per heavy atom. The molecule has 1 aromatic carbocycles. The zero-order chi connectivity index (χ0) is 14.8. The van der Waals surface area contributed by atoms with Crippen LogP contribution >= 0.6 is 0 Å². The molecule has 0 fully saturated rings. The van der Waals surface area contributed by atoms with Gasteiger partial charge in [0.2, 0.25) is 0 Å². The van der Waals surface area contributed by atoms with Crippen molar-refractivity contribution in [3.8, 4) is 6.07 Å². The van der Waals surface area contributed by atoms with Crippen molar-refractivity contribution in [2.24, 2.45) is 0 Å². The Labute approximate surface area is 117 Å². The highest BCUT2D eigenvalue weighted by Crippen LogP contribution is 2.21. The monoisotopic (exact) mass is 290 g/mol. The van der Waals surface area contributed by atoms with Crippen LogP contribution in [0, 0.1) is 18.3 Å². The van der Waals surface area contributed by atoms with Gasteiger partial charge in [0.05, 0.1) is 17.4 Å². The smallest absolute Gasteiger partial charge is 0.279 e. The number of nitriles is 1. The van der Waals surface area contributed by atoms with E-state index in [2.05, 4.69) is 14.7 Å². The van der Waals surface area contributed by atoms with Crippen LogP contribution in [0.25, 0.3) is 0 Å². The summed E-state index contributed by atoms with van der Waals surface area (Å²) in [5.41, 5.74) is 1.29. The third-order valence-corrected chi connectivity index (χ3v) is 4.13. The lowest BCUT2D eigenvalue weighted by molar-refractivity contribution is 0.598. The van der Waals surface area contributed by atoms with Crippen molar-refractivity contribution in [2.45, 2.75) is 25.3 Å². The van der Waals surface area contributed by atoms with Gasteiger partial charge in [-0.3, -0.25) is 4.72 Å². The first-order chi connectivity index (χ1) is 9.47. The number of aromatic nitrogens is 2. The van der Waals surface area contributed by atoms with Crippen LogP contribution in [0.15, 0.2) is 29.4 Å². The first kappa shape index (κ1) is 14.1. The number of nitrogens with one attached hydrogen (secondary N) is 2. The number of anilines is 1. The zero-order valence-corrected chi connectivity index (χ0v) is 12.0. The molecule has 0 aliphatic rings. The fourth-order valence-electron chi connectivity index (χ4n) is 1.76. The molecule has 0 atom stereocenters. The summed E-state index contributed by atoms with van der Waals surface area (Å²) >= 11 is 0. The Kier molecular flexibility index (Phi) is 3.77. The van der Waals surface area contributed by atoms with E-state index < -0.39 is 10.0 Å². The highest BCUT2D eigenvalue weighted by molar-refractivity contribution is 7.92. The Bertz CT molecular complexity index is 772. The van der Waals surface area contributed by atoms with E-state index in [-0.39, 0.29) is 10.7 Å². The van der Waals surface area contributed by atoms with Crippen LogP contribution in [0.2, 0.25) is 0 Å². The van der Waals surface area contributed by atoms with Gasteiger partial charge in [-0.15, -0.1) is 0 Å². The maximum Gasteiger partial charge on any atom is 0.279 e. The minimum Gasteiger partial charge on any atom is -0.332 e. The van der Waals surface area contributed by atoms with E-state index in [1.807, 2.05) is 13.0 Å². The molecule has 20 heavy (non-hydrogen) atoms. The highest BCUT2D eigenvalue weighted by Gasteiger charge is 2.19. The molecule has 104 valence electrons. The van der Waals surface area contributed by atoms with Gasteiger partial charge in [0, 0.05) is 6.42 Å². The highest BCUT2D eigenvalue weighted by atomic mass is 32.2. The number of aryl methyl sites for hydroxylation is 2. The maximum absolute atomic E-state index is 12.2. The van der Waals surface area contributed by atoms with Gasteiger partial charge in [-0.05, 0) is 18.6 Å². The predicted molar refractivity (Wildman–Crippen MR) is 74.7 cm³/mol. The van der Waals surface area contributed by atoms with E-state index in [1.54, 1.807) is 25.1 Å². The lowest BCUT2D eigenvalue weighted by Gasteiger charge is -2.09. The molecule has 0 unspecified atom stereocenters. The summed E-state index contributed by atoms with van der Waals surface area (Å²) in [5, 5.41) is 9.09. The number of hydrogen-bond acceptors (Lipinski definition) is 4. The molecule has 0 saturated carbocycles. The second-order valence-corrected chi connectivity index (χ2v) is 5.91. The largest absolute Gasteiger partial charge is 0.332 e. The van der Waals surface area contributed by atoms with E-state index in [1.165, 1.54) is 6.20 Å². The molecule has 1 heterocycles. The number of nitrogens with zero attached hydrogens (tertiary/aromatic N) is 2. The fraction of sp³-hybridized carbons (Fsp3) is 0.231. The first-order valence-corrected chi connectivity index (χ1v) is 7.52. The molecule has 0 spiro atoms. The molecule has 0 radical (unpaired) electrons. The Balaban J connectivity index is 2.39. The van der Waals surface area contributed by atoms with Crippen molar-refractivity contribution in [1.82, 2.24) is 9.97 Å². The third-order valence-electron chi connectivity index (χ3n) is 2.86. The fourth-order valence-corrected chi connectivity index (χ4v) is 2.77. The normalized spacial score (nSPS) is 11.1. The molecule has 0 saturated heterocycles. The molecule has 2 aromatic rings. The summed E-state index contributed by atoms with van der Waals surface area (Å²) in [6.07, 6.45) is 1.88. The van der Waals surface area contributed by atoms with Crippen LogP contribution in [0.5, 0.6) is 0 Å². The molecular weight excluding hydrogens is 276 g/mol. The predicted octanol–water partition coefficient (Wildman–Crippen LogP) is 1.95. The minimum atomic E-state index is -3.77. The summed E-state index contributed by atoms with van der Waals surface area (Å²) in [4.78, 5) is 6.69. The Morgan fingerprint density at radius 1 is 1.45 bits per heavy atom. The first-order valence-electron chi connectivity index (χ1n) is 6.04. The van der Waals surface area contributed by atoms with Gasteiger partial charge in [0.15, 0.2) is 5.03 Å². The average Bonchev–Trinajstić information content (AvgIpc) is 2.88. The van der Waals surface area contributed by atoms with Gasteiger partial charge in [0.25, 0.3) is 10.0 Å². The van der Waals surface area contributed by atoms with Crippen molar-refractivity contribution in [2.75, 3.05) is 4.72 Å². The number of sulfonamides is 1. The van der Waals surface area contributed by atoms with Crippen molar-refractivity contribution in [3.05, 3.63) is 41.3 Å². The third kappa shape index (κ3) is 2.65. The number of benzene rings is 1. The van der Waals surface area contributed by atoms with E-state index in [4.69, 9.17) is 5.26 Å². The van der Waals surface area contributed by atoms with E-state index in [0.717, 1.165) is 0 Å². The van der Waals surface area contributed by atoms with Gasteiger partial charge in [-0.1, -0.05) is 19.1 Å². The summed E-state index contributed by atoms with van der Waals surface area (Å²) in [6, 6.07) is 7.00. The summed E-state index contributed by atoms with van der Waals surface area (Å²) in [5.74, 6) is 0.593. The van der Waals surface area contributed by atoms with Gasteiger partial charge in [-0.2, -0.15) is 13.7 Å². The van der Waals surface area contributed by atoms with Gasteiger partial charge >= 0.3 is 0 Å². The van der Waals surface area contributed by atoms with Crippen LogP contribution in [-0.4, -0.2) is 18.4 Å². The van der Waals surface area contributed by atoms with Crippen molar-refractivity contribution in [3.63, 3.8) is 0 Å². The molecule has 0 amide bonds. The topological polar surface area (TPSA) is 98.6 Å². The lowest BCUT2D eigenvalue weighted by Crippen LogP contribution is -2.14. The summed E-state index contributed by atoms with van der Waals surface area (Å²) < 4.78 is 26.8. The molecule has 1 aromatic heterocycles. The van der Waals surface area contributed by atoms with Gasteiger partial charge in [-0.25, -0.2) is 4.98 Å². The summed E-state index contributed by atoms with van der Waals surface area (Å²) in [6.45, 7) is 3.62. The molecule has 0 aliphatic heterocycles. The molecule has 6 nitrogen and oxygen atoms in total. The van der Waals surface area contributed by atoms with E-state index in [9.17, 15) is 8.42 Å². The Hall–Kier alpha value is -2.33. The SMILES string of the molecule is CCc1ncc(S(=O)(=O)Nc2cccc(C)c2C#N)[nH]1. The van der Waals surface area contributed by atoms with Crippen LogP contribution in [-0.2, 0) is 16.4 Å². The molecular formula is C13H14N4O2S. The molecule has 2 rings (SSSR count). The van der Waals surface area contributed by atoms with Crippen molar-refractivity contribution < 1.29 is 8.42 Å². The quantitative estimate of drug-likeness (QED) is 0.899. The van der Waals surface area contributed by atoms with Crippen LogP contribution < -0.4 is 4.72 Å². The van der Waals surface area contributed by atoms with Crippen LogP contribution in [0.4, 0.5) is 5.69 Å². The number of rotatable bonds is 4. The van der Waals surface area contributed by atoms with Gasteiger partial charge in [0.1, 0.15) is 11.9 Å². The van der Waals surface area contributed by atoms with Crippen molar-refractivity contribution >= 4 is 15.7 Å². The van der Waals surface area contributed by atoms with E-state index in [0.29, 0.717) is 23.4 Å². The van der Waals surface area contributed by atoms with E-state index >= 15 is 0 Å².